The molecule has 1 fully saturated rings. The summed E-state index contributed by atoms with van der Waals surface area (Å²) in [6.07, 6.45) is 3.42. The Bertz CT molecular complexity index is 575. The van der Waals surface area contributed by atoms with Crippen LogP contribution in [0.2, 0.25) is 0 Å². The molecule has 1 aliphatic rings. The van der Waals surface area contributed by atoms with Crippen molar-refractivity contribution in [1.82, 2.24) is 19.6 Å². The van der Waals surface area contributed by atoms with E-state index >= 15 is 0 Å². The summed E-state index contributed by atoms with van der Waals surface area (Å²) in [7, 11) is 0. The molecule has 20 heavy (non-hydrogen) atoms. The molecular weight excluding hydrogens is 248 g/mol. The van der Waals surface area contributed by atoms with Gasteiger partial charge in [-0.25, -0.2) is 4.98 Å². The molecule has 0 aliphatic carbocycles. The Kier molecular flexibility index (Phi) is 4.03. The highest BCUT2D eigenvalue weighted by Crippen LogP contribution is 2.15. The Morgan fingerprint density at radius 3 is 3.10 bits per heavy atom. The first-order valence-electron chi connectivity index (χ1n) is 7.63. The van der Waals surface area contributed by atoms with Crippen LogP contribution < -0.4 is 5.32 Å². The van der Waals surface area contributed by atoms with Gasteiger partial charge in [0, 0.05) is 19.3 Å². The Morgan fingerprint density at radius 1 is 1.40 bits per heavy atom. The molecule has 3 heterocycles. The highest BCUT2D eigenvalue weighted by Gasteiger charge is 2.20. The molecule has 1 unspecified atom stereocenters. The smallest absolute Gasteiger partial charge is 0.137 e. The normalized spacial score (nSPS) is 20.0. The van der Waals surface area contributed by atoms with E-state index < -0.39 is 0 Å². The molecular formula is C16H24N4. The van der Waals surface area contributed by atoms with Gasteiger partial charge >= 0.3 is 0 Å². The predicted molar refractivity (Wildman–Crippen MR) is 81.9 cm³/mol. The van der Waals surface area contributed by atoms with E-state index in [1.807, 2.05) is 6.07 Å². The van der Waals surface area contributed by atoms with Crippen LogP contribution in [0.4, 0.5) is 0 Å². The maximum absolute atomic E-state index is 4.60. The summed E-state index contributed by atoms with van der Waals surface area (Å²) in [4.78, 5) is 7.14. The lowest BCUT2D eigenvalue weighted by molar-refractivity contribution is 0.338. The summed E-state index contributed by atoms with van der Waals surface area (Å²) in [5, 5.41) is 3.62. The zero-order valence-electron chi connectivity index (χ0n) is 12.5. The highest BCUT2D eigenvalue weighted by atomic mass is 15.1. The van der Waals surface area contributed by atoms with Gasteiger partial charge in [0.2, 0.25) is 0 Å². The molecule has 0 spiro atoms. The van der Waals surface area contributed by atoms with Crippen molar-refractivity contribution in [2.24, 2.45) is 5.92 Å². The maximum atomic E-state index is 4.60. The molecule has 0 saturated carbocycles. The van der Waals surface area contributed by atoms with E-state index in [1.54, 1.807) is 0 Å². The number of pyridine rings is 1. The Hall–Kier alpha value is -1.39. The molecule has 108 valence electrons. The first-order chi connectivity index (χ1) is 9.78. The van der Waals surface area contributed by atoms with E-state index in [9.17, 15) is 0 Å². The standard InChI is InChI=1S/C16H24N4/c1-3-19-9-7-14(12-19)10-17-11-15-13(2)18-16-6-4-5-8-20(15)16/h4-6,8,14,17H,3,7,9-12H2,1-2H3. The van der Waals surface area contributed by atoms with E-state index in [4.69, 9.17) is 0 Å². The highest BCUT2D eigenvalue weighted by molar-refractivity contribution is 5.42. The number of nitrogens with one attached hydrogen (secondary N) is 1. The SMILES string of the molecule is CCN1CCC(CNCc2c(C)nc3ccccn23)C1. The van der Waals surface area contributed by atoms with Crippen LogP contribution >= 0.6 is 0 Å². The molecule has 0 radical (unpaired) electrons. The van der Waals surface area contributed by atoms with E-state index in [1.165, 1.54) is 31.7 Å². The number of fused-ring (bicyclic) bond motifs is 1. The van der Waals surface area contributed by atoms with Crippen LogP contribution in [0.3, 0.4) is 0 Å². The van der Waals surface area contributed by atoms with Crippen LogP contribution in [0, 0.1) is 12.8 Å². The van der Waals surface area contributed by atoms with Crippen LogP contribution in [0.1, 0.15) is 24.7 Å². The van der Waals surface area contributed by atoms with Gasteiger partial charge in [-0.1, -0.05) is 13.0 Å². The van der Waals surface area contributed by atoms with Gasteiger partial charge in [0.05, 0.1) is 11.4 Å². The van der Waals surface area contributed by atoms with E-state index in [0.29, 0.717) is 0 Å². The van der Waals surface area contributed by atoms with Gasteiger partial charge in [-0.2, -0.15) is 0 Å². The zero-order chi connectivity index (χ0) is 13.9. The van der Waals surface area contributed by atoms with Gasteiger partial charge in [0.15, 0.2) is 0 Å². The Morgan fingerprint density at radius 2 is 2.30 bits per heavy atom. The van der Waals surface area contributed by atoms with Crippen molar-refractivity contribution in [2.45, 2.75) is 26.8 Å². The summed E-state index contributed by atoms with van der Waals surface area (Å²) >= 11 is 0. The topological polar surface area (TPSA) is 32.6 Å². The fraction of sp³-hybridized carbons (Fsp3) is 0.562. The summed E-state index contributed by atoms with van der Waals surface area (Å²) in [6, 6.07) is 6.16. The van der Waals surface area contributed by atoms with Crippen molar-refractivity contribution in [2.75, 3.05) is 26.2 Å². The summed E-state index contributed by atoms with van der Waals surface area (Å²) in [5.41, 5.74) is 3.45. The van der Waals surface area contributed by atoms with E-state index in [2.05, 4.69) is 51.8 Å². The molecule has 0 amide bonds. The van der Waals surface area contributed by atoms with Crippen LogP contribution in [-0.4, -0.2) is 40.5 Å². The molecule has 2 aromatic rings. The van der Waals surface area contributed by atoms with Crippen LogP contribution in [0.15, 0.2) is 24.4 Å². The summed E-state index contributed by atoms with van der Waals surface area (Å²) in [6.45, 7) is 10.0. The molecule has 1 aliphatic heterocycles. The Labute approximate surface area is 120 Å². The third-order valence-electron chi connectivity index (χ3n) is 4.37. The summed E-state index contributed by atoms with van der Waals surface area (Å²) in [5.74, 6) is 0.800. The first-order valence-corrected chi connectivity index (χ1v) is 7.63. The number of imidazole rings is 1. The minimum Gasteiger partial charge on any atom is -0.311 e. The third kappa shape index (κ3) is 2.72. The minimum atomic E-state index is 0.800. The van der Waals surface area contributed by atoms with Gasteiger partial charge in [0.1, 0.15) is 5.65 Å². The second kappa shape index (κ2) is 5.94. The van der Waals surface area contributed by atoms with Crippen molar-refractivity contribution < 1.29 is 0 Å². The lowest BCUT2D eigenvalue weighted by Crippen LogP contribution is -2.26. The van der Waals surface area contributed by atoms with Gasteiger partial charge in [-0.3, -0.25) is 0 Å². The third-order valence-corrected chi connectivity index (χ3v) is 4.37. The molecule has 0 bridgehead atoms. The quantitative estimate of drug-likeness (QED) is 0.904. The van der Waals surface area contributed by atoms with Crippen LogP contribution in [0.5, 0.6) is 0 Å². The van der Waals surface area contributed by atoms with Gasteiger partial charge < -0.3 is 14.6 Å². The van der Waals surface area contributed by atoms with Gasteiger partial charge in [-0.15, -0.1) is 0 Å². The van der Waals surface area contributed by atoms with E-state index in [0.717, 1.165) is 30.3 Å². The molecule has 2 aromatic heterocycles. The predicted octanol–water partition coefficient (Wildman–Crippen LogP) is 2.07. The lowest BCUT2D eigenvalue weighted by atomic mass is 10.1. The fourth-order valence-corrected chi connectivity index (χ4v) is 3.14. The molecule has 1 atom stereocenters. The van der Waals surface area contributed by atoms with Crippen molar-refractivity contribution in [3.8, 4) is 0 Å². The fourth-order valence-electron chi connectivity index (χ4n) is 3.14. The second-order valence-electron chi connectivity index (χ2n) is 5.75. The molecule has 0 aromatic carbocycles. The van der Waals surface area contributed by atoms with Crippen molar-refractivity contribution in [1.29, 1.82) is 0 Å². The lowest BCUT2D eigenvalue weighted by Gasteiger charge is -2.13. The molecule has 1 saturated heterocycles. The number of aromatic nitrogens is 2. The van der Waals surface area contributed by atoms with Crippen LogP contribution in [0.25, 0.3) is 5.65 Å². The zero-order valence-corrected chi connectivity index (χ0v) is 12.5. The second-order valence-corrected chi connectivity index (χ2v) is 5.75. The number of aryl methyl sites for hydroxylation is 1. The van der Waals surface area contributed by atoms with Crippen molar-refractivity contribution in [3.05, 3.63) is 35.8 Å². The molecule has 1 N–H and O–H groups in total. The van der Waals surface area contributed by atoms with Gasteiger partial charge in [0.25, 0.3) is 0 Å². The average molecular weight is 272 g/mol. The van der Waals surface area contributed by atoms with Crippen LogP contribution in [-0.2, 0) is 6.54 Å². The maximum Gasteiger partial charge on any atom is 0.137 e. The van der Waals surface area contributed by atoms with E-state index in [-0.39, 0.29) is 0 Å². The van der Waals surface area contributed by atoms with Crippen molar-refractivity contribution >= 4 is 5.65 Å². The molecule has 4 nitrogen and oxygen atoms in total. The molecule has 3 rings (SSSR count). The largest absolute Gasteiger partial charge is 0.311 e. The first kappa shape index (κ1) is 13.6. The minimum absolute atomic E-state index is 0.800. The number of rotatable bonds is 5. The average Bonchev–Trinajstić information content (AvgIpc) is 3.04. The number of hydrogen-bond donors (Lipinski definition) is 1. The number of nitrogens with zero attached hydrogens (tertiary/aromatic N) is 3. The monoisotopic (exact) mass is 272 g/mol. The van der Waals surface area contributed by atoms with Gasteiger partial charge in [-0.05, 0) is 51.0 Å². The summed E-state index contributed by atoms with van der Waals surface area (Å²) < 4.78 is 2.19. The molecule has 4 heteroatoms. The number of likely N-dealkylation sites (tertiary alicyclic amines) is 1. The number of hydrogen-bond acceptors (Lipinski definition) is 3. The Balaban J connectivity index is 1.59. The van der Waals surface area contributed by atoms with Crippen molar-refractivity contribution in [3.63, 3.8) is 0 Å².